The molecule has 0 aliphatic heterocycles. The standard InChI is InChI=1S/C9H17N3O2/c1-7(4-5-13-3)10-6-9-11-8(2)14-12-9/h7,10H,4-6H2,1-3H3. The first kappa shape index (κ1) is 11.1. The topological polar surface area (TPSA) is 60.2 Å². The molecule has 0 fully saturated rings. The van der Waals surface area contributed by atoms with E-state index in [9.17, 15) is 0 Å². The summed E-state index contributed by atoms with van der Waals surface area (Å²) in [6.07, 6.45) is 0.979. The lowest BCUT2D eigenvalue weighted by atomic mass is 10.2. The van der Waals surface area contributed by atoms with Gasteiger partial charge in [-0.3, -0.25) is 0 Å². The van der Waals surface area contributed by atoms with Crippen LogP contribution < -0.4 is 5.32 Å². The molecular weight excluding hydrogens is 182 g/mol. The Morgan fingerprint density at radius 1 is 1.57 bits per heavy atom. The summed E-state index contributed by atoms with van der Waals surface area (Å²) in [5.41, 5.74) is 0. The van der Waals surface area contributed by atoms with Crippen LogP contribution >= 0.6 is 0 Å². The molecule has 1 atom stereocenters. The number of nitrogens with one attached hydrogen (secondary N) is 1. The van der Waals surface area contributed by atoms with Crippen molar-refractivity contribution in [3.05, 3.63) is 11.7 Å². The van der Waals surface area contributed by atoms with E-state index < -0.39 is 0 Å². The average molecular weight is 199 g/mol. The van der Waals surface area contributed by atoms with Gasteiger partial charge in [-0.15, -0.1) is 0 Å². The quantitative estimate of drug-likeness (QED) is 0.737. The van der Waals surface area contributed by atoms with Gasteiger partial charge in [0.15, 0.2) is 5.82 Å². The van der Waals surface area contributed by atoms with Crippen LogP contribution in [-0.4, -0.2) is 29.9 Å². The molecule has 5 heteroatoms. The number of ether oxygens (including phenoxy) is 1. The number of aromatic nitrogens is 2. The van der Waals surface area contributed by atoms with Crippen molar-refractivity contribution in [3.63, 3.8) is 0 Å². The minimum atomic E-state index is 0.397. The van der Waals surface area contributed by atoms with Gasteiger partial charge in [-0.25, -0.2) is 0 Å². The zero-order valence-electron chi connectivity index (χ0n) is 8.91. The van der Waals surface area contributed by atoms with Crippen molar-refractivity contribution < 1.29 is 9.26 Å². The Hall–Kier alpha value is -0.940. The third-order valence-electron chi connectivity index (χ3n) is 1.93. The molecule has 0 aliphatic carbocycles. The fourth-order valence-corrected chi connectivity index (χ4v) is 1.08. The second-order valence-corrected chi connectivity index (χ2v) is 3.29. The highest BCUT2D eigenvalue weighted by atomic mass is 16.5. The third-order valence-corrected chi connectivity index (χ3v) is 1.93. The predicted molar refractivity (Wildman–Crippen MR) is 51.8 cm³/mol. The molecular formula is C9H17N3O2. The van der Waals surface area contributed by atoms with Crippen molar-refractivity contribution in [2.75, 3.05) is 13.7 Å². The molecule has 1 unspecified atom stereocenters. The number of hydrogen-bond donors (Lipinski definition) is 1. The number of rotatable bonds is 6. The van der Waals surface area contributed by atoms with Gasteiger partial charge in [-0.05, 0) is 13.3 Å². The van der Waals surface area contributed by atoms with Crippen molar-refractivity contribution in [1.29, 1.82) is 0 Å². The second-order valence-electron chi connectivity index (χ2n) is 3.29. The monoisotopic (exact) mass is 199 g/mol. The molecule has 0 aromatic carbocycles. The fourth-order valence-electron chi connectivity index (χ4n) is 1.08. The molecule has 0 bridgehead atoms. The highest BCUT2D eigenvalue weighted by Gasteiger charge is 2.04. The van der Waals surface area contributed by atoms with Crippen LogP contribution in [0.2, 0.25) is 0 Å². The van der Waals surface area contributed by atoms with Gasteiger partial charge in [-0.1, -0.05) is 5.16 Å². The highest BCUT2D eigenvalue weighted by Crippen LogP contribution is 1.96. The van der Waals surface area contributed by atoms with Crippen molar-refractivity contribution in [1.82, 2.24) is 15.5 Å². The molecule has 14 heavy (non-hydrogen) atoms. The van der Waals surface area contributed by atoms with Crippen LogP contribution in [0.4, 0.5) is 0 Å². The Morgan fingerprint density at radius 3 is 2.93 bits per heavy atom. The van der Waals surface area contributed by atoms with Gasteiger partial charge in [0.25, 0.3) is 0 Å². The lowest BCUT2D eigenvalue weighted by Gasteiger charge is -2.10. The maximum absolute atomic E-state index is 4.98. The zero-order chi connectivity index (χ0) is 10.4. The summed E-state index contributed by atoms with van der Waals surface area (Å²) in [6, 6.07) is 0.397. The second kappa shape index (κ2) is 5.72. The maximum Gasteiger partial charge on any atom is 0.223 e. The molecule has 1 heterocycles. The smallest absolute Gasteiger partial charge is 0.223 e. The molecule has 1 aromatic rings. The van der Waals surface area contributed by atoms with Crippen LogP contribution in [-0.2, 0) is 11.3 Å². The first-order valence-electron chi connectivity index (χ1n) is 4.74. The van der Waals surface area contributed by atoms with E-state index in [4.69, 9.17) is 9.26 Å². The van der Waals surface area contributed by atoms with Crippen molar-refractivity contribution in [3.8, 4) is 0 Å². The van der Waals surface area contributed by atoms with Crippen molar-refractivity contribution in [2.24, 2.45) is 0 Å². The molecule has 1 rings (SSSR count). The lowest BCUT2D eigenvalue weighted by Crippen LogP contribution is -2.27. The van der Waals surface area contributed by atoms with Crippen LogP contribution in [0.25, 0.3) is 0 Å². The molecule has 0 amide bonds. The minimum absolute atomic E-state index is 0.397. The lowest BCUT2D eigenvalue weighted by molar-refractivity contribution is 0.184. The molecule has 0 saturated carbocycles. The number of nitrogens with zero attached hydrogens (tertiary/aromatic N) is 2. The van der Waals surface area contributed by atoms with E-state index in [2.05, 4.69) is 22.4 Å². The number of hydrogen-bond acceptors (Lipinski definition) is 5. The van der Waals surface area contributed by atoms with Gasteiger partial charge in [0.2, 0.25) is 5.89 Å². The summed E-state index contributed by atoms with van der Waals surface area (Å²) in [5.74, 6) is 1.30. The van der Waals surface area contributed by atoms with Crippen molar-refractivity contribution in [2.45, 2.75) is 32.9 Å². The summed E-state index contributed by atoms with van der Waals surface area (Å²) >= 11 is 0. The number of aryl methyl sites for hydroxylation is 1. The van der Waals surface area contributed by atoms with E-state index in [0.29, 0.717) is 24.3 Å². The van der Waals surface area contributed by atoms with Gasteiger partial charge in [0.05, 0.1) is 6.54 Å². The summed E-state index contributed by atoms with van der Waals surface area (Å²) in [7, 11) is 1.70. The normalized spacial score (nSPS) is 13.1. The Morgan fingerprint density at radius 2 is 2.36 bits per heavy atom. The van der Waals surface area contributed by atoms with Gasteiger partial charge < -0.3 is 14.6 Å². The molecule has 1 N–H and O–H groups in total. The summed E-state index contributed by atoms with van der Waals surface area (Å²) in [4.78, 5) is 4.09. The fraction of sp³-hybridized carbons (Fsp3) is 0.778. The van der Waals surface area contributed by atoms with E-state index in [0.717, 1.165) is 13.0 Å². The maximum atomic E-state index is 4.98. The van der Waals surface area contributed by atoms with Gasteiger partial charge in [-0.2, -0.15) is 4.98 Å². The Labute approximate surface area is 83.8 Å². The molecule has 80 valence electrons. The van der Waals surface area contributed by atoms with Crippen molar-refractivity contribution >= 4 is 0 Å². The Balaban J connectivity index is 2.20. The van der Waals surface area contributed by atoms with Gasteiger partial charge >= 0.3 is 0 Å². The molecule has 1 aromatic heterocycles. The van der Waals surface area contributed by atoms with Gasteiger partial charge in [0, 0.05) is 26.7 Å². The van der Waals surface area contributed by atoms with E-state index in [1.165, 1.54) is 0 Å². The largest absolute Gasteiger partial charge is 0.385 e. The Kier molecular flexibility index (Phi) is 4.55. The zero-order valence-corrected chi connectivity index (χ0v) is 8.91. The predicted octanol–water partition coefficient (Wildman–Crippen LogP) is 0.893. The van der Waals surface area contributed by atoms with E-state index >= 15 is 0 Å². The third kappa shape index (κ3) is 3.85. The highest BCUT2D eigenvalue weighted by molar-refractivity contribution is 4.83. The number of methoxy groups -OCH3 is 1. The van der Waals surface area contributed by atoms with Crippen LogP contribution in [0.15, 0.2) is 4.52 Å². The Bertz CT molecular complexity index is 262. The summed E-state index contributed by atoms with van der Waals surface area (Å²) < 4.78 is 9.83. The van der Waals surface area contributed by atoms with Crippen LogP contribution in [0.3, 0.4) is 0 Å². The minimum Gasteiger partial charge on any atom is -0.385 e. The van der Waals surface area contributed by atoms with Crippen LogP contribution in [0, 0.1) is 6.92 Å². The molecule has 5 nitrogen and oxygen atoms in total. The first-order valence-corrected chi connectivity index (χ1v) is 4.74. The van der Waals surface area contributed by atoms with E-state index in [1.54, 1.807) is 14.0 Å². The van der Waals surface area contributed by atoms with Crippen LogP contribution in [0.1, 0.15) is 25.1 Å². The van der Waals surface area contributed by atoms with Gasteiger partial charge in [0.1, 0.15) is 0 Å². The van der Waals surface area contributed by atoms with E-state index in [-0.39, 0.29) is 0 Å². The summed E-state index contributed by atoms with van der Waals surface area (Å²) in [6.45, 7) is 5.29. The van der Waals surface area contributed by atoms with Crippen LogP contribution in [0.5, 0.6) is 0 Å². The summed E-state index contributed by atoms with van der Waals surface area (Å²) in [5, 5.41) is 7.07. The SMILES string of the molecule is COCCC(C)NCc1noc(C)n1. The molecule has 0 saturated heterocycles. The van der Waals surface area contributed by atoms with E-state index in [1.807, 2.05) is 0 Å². The molecule has 0 aliphatic rings. The average Bonchev–Trinajstić information content (AvgIpc) is 2.58. The molecule has 0 spiro atoms. The molecule has 0 radical (unpaired) electrons. The first-order chi connectivity index (χ1) is 6.72.